The Morgan fingerprint density at radius 2 is 2.00 bits per heavy atom. The average Bonchev–Trinajstić information content (AvgIpc) is 2.91. The molecule has 0 fully saturated rings. The third-order valence-electron chi connectivity index (χ3n) is 3.72. The first-order valence-electron chi connectivity index (χ1n) is 6.82. The molecule has 2 N–H and O–H groups in total. The van der Waals surface area contributed by atoms with Crippen molar-refractivity contribution in [2.45, 2.75) is 13.1 Å². The molecule has 2 aromatic carbocycles. The van der Waals surface area contributed by atoms with E-state index in [4.69, 9.17) is 10.5 Å². The molecule has 4 heteroatoms. The maximum Gasteiger partial charge on any atom is 0.128 e. The molecular formula is C17H17FN2O. The Hall–Kier alpha value is -2.33. The Morgan fingerprint density at radius 1 is 1.14 bits per heavy atom. The van der Waals surface area contributed by atoms with Crippen molar-refractivity contribution in [2.75, 3.05) is 7.11 Å². The van der Waals surface area contributed by atoms with Gasteiger partial charge in [0.15, 0.2) is 0 Å². The average molecular weight is 284 g/mol. The number of hydrogen-bond acceptors (Lipinski definition) is 2. The molecule has 0 spiro atoms. The van der Waals surface area contributed by atoms with Crippen molar-refractivity contribution in [3.8, 4) is 5.75 Å². The maximum absolute atomic E-state index is 13.5. The van der Waals surface area contributed by atoms with E-state index in [-0.39, 0.29) is 5.82 Å². The number of nitrogens with zero attached hydrogens (tertiary/aromatic N) is 1. The molecule has 3 nitrogen and oxygen atoms in total. The van der Waals surface area contributed by atoms with E-state index in [9.17, 15) is 4.39 Å². The van der Waals surface area contributed by atoms with Crippen molar-refractivity contribution in [3.05, 3.63) is 65.6 Å². The number of halogens is 1. The van der Waals surface area contributed by atoms with E-state index in [1.54, 1.807) is 19.2 Å². The number of methoxy groups -OCH3 is 1. The highest BCUT2D eigenvalue weighted by molar-refractivity contribution is 5.86. The van der Waals surface area contributed by atoms with Crippen LogP contribution in [0.2, 0.25) is 0 Å². The van der Waals surface area contributed by atoms with Crippen LogP contribution in [-0.2, 0) is 13.1 Å². The van der Waals surface area contributed by atoms with Gasteiger partial charge in [-0.15, -0.1) is 0 Å². The van der Waals surface area contributed by atoms with Gasteiger partial charge in [-0.2, -0.15) is 0 Å². The molecule has 0 aliphatic heterocycles. The van der Waals surface area contributed by atoms with E-state index in [2.05, 4.69) is 4.57 Å². The maximum atomic E-state index is 13.5. The lowest BCUT2D eigenvalue weighted by atomic mass is 10.1. The van der Waals surface area contributed by atoms with Crippen LogP contribution < -0.4 is 10.5 Å². The summed E-state index contributed by atoms with van der Waals surface area (Å²) in [6.45, 7) is 0.985. The summed E-state index contributed by atoms with van der Waals surface area (Å²) in [5.74, 6) is 0.598. The van der Waals surface area contributed by atoms with E-state index in [0.29, 0.717) is 13.1 Å². The van der Waals surface area contributed by atoms with Crippen LogP contribution in [0.5, 0.6) is 5.75 Å². The minimum Gasteiger partial charge on any atom is -0.496 e. The number of fused-ring (bicyclic) bond motifs is 1. The molecule has 0 unspecified atom stereocenters. The zero-order chi connectivity index (χ0) is 14.8. The first kappa shape index (κ1) is 13.6. The van der Waals surface area contributed by atoms with Crippen LogP contribution in [0.3, 0.4) is 0 Å². The summed E-state index contributed by atoms with van der Waals surface area (Å²) in [6, 6.07) is 12.7. The molecule has 0 radical (unpaired) electrons. The van der Waals surface area contributed by atoms with E-state index in [1.165, 1.54) is 6.07 Å². The topological polar surface area (TPSA) is 40.2 Å². The Morgan fingerprint density at radius 3 is 2.76 bits per heavy atom. The quantitative estimate of drug-likeness (QED) is 0.798. The van der Waals surface area contributed by atoms with Crippen LogP contribution in [0.1, 0.15) is 11.1 Å². The van der Waals surface area contributed by atoms with Crippen LogP contribution in [0.4, 0.5) is 4.39 Å². The number of aromatic nitrogens is 1. The molecule has 108 valence electrons. The second-order valence-corrected chi connectivity index (χ2v) is 4.95. The van der Waals surface area contributed by atoms with E-state index in [0.717, 1.165) is 27.8 Å². The fourth-order valence-corrected chi connectivity index (χ4v) is 2.64. The van der Waals surface area contributed by atoms with Crippen molar-refractivity contribution < 1.29 is 9.13 Å². The van der Waals surface area contributed by atoms with Gasteiger partial charge in [0, 0.05) is 24.7 Å². The predicted octanol–water partition coefficient (Wildman–Crippen LogP) is 3.30. The lowest BCUT2D eigenvalue weighted by Gasteiger charge is -2.11. The number of rotatable bonds is 4. The largest absolute Gasteiger partial charge is 0.496 e. The Kier molecular flexibility index (Phi) is 3.62. The number of benzene rings is 2. The van der Waals surface area contributed by atoms with E-state index in [1.807, 2.05) is 30.5 Å². The first-order valence-corrected chi connectivity index (χ1v) is 6.82. The van der Waals surface area contributed by atoms with Gasteiger partial charge in [0.2, 0.25) is 0 Å². The molecular weight excluding hydrogens is 267 g/mol. The van der Waals surface area contributed by atoms with Crippen molar-refractivity contribution >= 4 is 10.9 Å². The summed E-state index contributed by atoms with van der Waals surface area (Å²) < 4.78 is 20.9. The Labute approximate surface area is 122 Å². The van der Waals surface area contributed by atoms with Crippen LogP contribution in [0.25, 0.3) is 10.9 Å². The van der Waals surface area contributed by atoms with E-state index >= 15 is 0 Å². The molecule has 1 heterocycles. The molecule has 0 aliphatic rings. The monoisotopic (exact) mass is 284 g/mol. The third kappa shape index (κ3) is 2.50. The molecule has 0 amide bonds. The molecule has 0 aliphatic carbocycles. The number of nitrogens with two attached hydrogens (primary N) is 1. The van der Waals surface area contributed by atoms with Gasteiger partial charge in [0.05, 0.1) is 12.6 Å². The molecule has 0 saturated carbocycles. The van der Waals surface area contributed by atoms with Crippen molar-refractivity contribution in [3.63, 3.8) is 0 Å². The fourth-order valence-electron chi connectivity index (χ4n) is 2.64. The summed E-state index contributed by atoms with van der Waals surface area (Å²) in [7, 11) is 1.66. The lowest BCUT2D eigenvalue weighted by molar-refractivity contribution is 0.420. The normalized spacial score (nSPS) is 11.0. The van der Waals surface area contributed by atoms with Gasteiger partial charge in [0.1, 0.15) is 11.6 Å². The van der Waals surface area contributed by atoms with Crippen LogP contribution in [0.15, 0.2) is 48.7 Å². The highest BCUT2D eigenvalue weighted by Crippen LogP contribution is 2.27. The number of ether oxygens (including phenoxy) is 1. The molecule has 3 rings (SSSR count). The molecule has 1 aromatic heterocycles. The standard InChI is InChI=1S/C17H17FN2O/c1-21-17-4-2-3-16-15(17)7-8-20(16)11-13-9-14(18)6-5-12(13)10-19/h2-9H,10-11,19H2,1H3. The van der Waals surface area contributed by atoms with Crippen molar-refractivity contribution in [1.82, 2.24) is 4.57 Å². The molecule has 0 bridgehead atoms. The minimum absolute atomic E-state index is 0.240. The zero-order valence-corrected chi connectivity index (χ0v) is 11.8. The second kappa shape index (κ2) is 5.58. The molecule has 3 aromatic rings. The smallest absolute Gasteiger partial charge is 0.128 e. The fraction of sp³-hybridized carbons (Fsp3) is 0.176. The molecule has 21 heavy (non-hydrogen) atoms. The van der Waals surface area contributed by atoms with Gasteiger partial charge in [0.25, 0.3) is 0 Å². The highest BCUT2D eigenvalue weighted by Gasteiger charge is 2.08. The van der Waals surface area contributed by atoms with Gasteiger partial charge in [-0.25, -0.2) is 4.39 Å². The third-order valence-corrected chi connectivity index (χ3v) is 3.72. The van der Waals surface area contributed by atoms with Crippen LogP contribution >= 0.6 is 0 Å². The van der Waals surface area contributed by atoms with Crippen molar-refractivity contribution in [2.24, 2.45) is 5.73 Å². The van der Waals surface area contributed by atoms with Crippen LogP contribution in [0, 0.1) is 5.82 Å². The molecule has 0 atom stereocenters. The van der Waals surface area contributed by atoms with Gasteiger partial charge < -0.3 is 15.0 Å². The predicted molar refractivity (Wildman–Crippen MR) is 81.9 cm³/mol. The van der Waals surface area contributed by atoms with Gasteiger partial charge in [-0.3, -0.25) is 0 Å². The Balaban J connectivity index is 2.05. The van der Waals surface area contributed by atoms with Crippen molar-refractivity contribution in [1.29, 1.82) is 0 Å². The second-order valence-electron chi connectivity index (χ2n) is 4.95. The summed E-state index contributed by atoms with van der Waals surface area (Å²) in [5, 5.41) is 1.05. The molecule has 0 saturated heterocycles. The number of hydrogen-bond donors (Lipinski definition) is 1. The first-order chi connectivity index (χ1) is 10.2. The van der Waals surface area contributed by atoms with Crippen LogP contribution in [-0.4, -0.2) is 11.7 Å². The highest BCUT2D eigenvalue weighted by atomic mass is 19.1. The summed E-state index contributed by atoms with van der Waals surface area (Å²) in [6.07, 6.45) is 1.98. The van der Waals surface area contributed by atoms with E-state index < -0.39 is 0 Å². The lowest BCUT2D eigenvalue weighted by Crippen LogP contribution is -2.06. The SMILES string of the molecule is COc1cccc2c1ccn2Cc1cc(F)ccc1CN. The summed E-state index contributed by atoms with van der Waals surface area (Å²) in [4.78, 5) is 0. The minimum atomic E-state index is -0.240. The summed E-state index contributed by atoms with van der Waals surface area (Å²) >= 11 is 0. The Bertz CT molecular complexity index is 780. The van der Waals surface area contributed by atoms with Gasteiger partial charge >= 0.3 is 0 Å². The zero-order valence-electron chi connectivity index (χ0n) is 11.8. The van der Waals surface area contributed by atoms with Gasteiger partial charge in [-0.1, -0.05) is 12.1 Å². The van der Waals surface area contributed by atoms with Gasteiger partial charge in [-0.05, 0) is 41.5 Å². The summed E-state index contributed by atoms with van der Waals surface area (Å²) in [5.41, 5.74) is 8.65.